The zero-order valence-corrected chi connectivity index (χ0v) is 12.4. The van der Waals surface area contributed by atoms with Crippen LogP contribution in [0.4, 0.5) is 10.1 Å². The van der Waals surface area contributed by atoms with Crippen molar-refractivity contribution in [2.24, 2.45) is 0 Å². The Morgan fingerprint density at radius 3 is 2.63 bits per heavy atom. The molecule has 0 aliphatic rings. The molecule has 2 N–H and O–H groups in total. The number of phenols is 1. The van der Waals surface area contributed by atoms with Crippen molar-refractivity contribution in [3.8, 4) is 5.75 Å². The van der Waals surface area contributed by atoms with Crippen LogP contribution < -0.4 is 5.32 Å². The number of aromatic hydroxyl groups is 1. The van der Waals surface area contributed by atoms with Gasteiger partial charge in [-0.05, 0) is 60.9 Å². The number of phenolic OH excluding ortho intramolecular Hbond substituents is 1. The monoisotopic (exact) mass is 323 g/mol. The minimum atomic E-state index is -0.251. The van der Waals surface area contributed by atoms with Gasteiger partial charge in [0.15, 0.2) is 0 Å². The number of aryl methyl sites for hydroxylation is 2. The molecular formula is C15H15BrFNO. The van der Waals surface area contributed by atoms with E-state index in [0.717, 1.165) is 26.9 Å². The highest BCUT2D eigenvalue weighted by Crippen LogP contribution is 2.26. The minimum Gasteiger partial charge on any atom is -0.508 e. The molecule has 4 heteroatoms. The van der Waals surface area contributed by atoms with Crippen LogP contribution in [0.5, 0.6) is 5.75 Å². The molecule has 0 aliphatic carbocycles. The Morgan fingerprint density at radius 2 is 1.89 bits per heavy atom. The number of nitrogens with one attached hydrogen (secondary N) is 1. The normalized spacial score (nSPS) is 10.5. The van der Waals surface area contributed by atoms with E-state index in [0.29, 0.717) is 6.54 Å². The van der Waals surface area contributed by atoms with Crippen LogP contribution in [0, 0.1) is 19.7 Å². The van der Waals surface area contributed by atoms with E-state index in [-0.39, 0.29) is 11.6 Å². The van der Waals surface area contributed by atoms with Gasteiger partial charge in [-0.15, -0.1) is 0 Å². The van der Waals surface area contributed by atoms with E-state index in [1.807, 2.05) is 19.9 Å². The molecule has 100 valence electrons. The second kappa shape index (κ2) is 5.61. The van der Waals surface area contributed by atoms with E-state index < -0.39 is 0 Å². The Morgan fingerprint density at radius 1 is 1.16 bits per heavy atom. The van der Waals surface area contributed by atoms with Gasteiger partial charge in [0.2, 0.25) is 0 Å². The second-order valence-electron chi connectivity index (χ2n) is 4.54. The Balaban J connectivity index is 2.19. The molecule has 0 spiro atoms. The van der Waals surface area contributed by atoms with Gasteiger partial charge in [0.1, 0.15) is 11.6 Å². The van der Waals surface area contributed by atoms with E-state index in [9.17, 15) is 9.50 Å². The van der Waals surface area contributed by atoms with Gasteiger partial charge in [0, 0.05) is 16.7 Å². The maximum atomic E-state index is 13.2. The highest BCUT2D eigenvalue weighted by molar-refractivity contribution is 9.10. The third kappa shape index (κ3) is 3.26. The smallest absolute Gasteiger partial charge is 0.123 e. The number of hydrogen-bond acceptors (Lipinski definition) is 2. The first kappa shape index (κ1) is 13.9. The van der Waals surface area contributed by atoms with Crippen LogP contribution in [-0.4, -0.2) is 5.11 Å². The summed E-state index contributed by atoms with van der Waals surface area (Å²) < 4.78 is 14.1. The Hall–Kier alpha value is -1.55. The molecule has 0 heterocycles. The van der Waals surface area contributed by atoms with Gasteiger partial charge >= 0.3 is 0 Å². The van der Waals surface area contributed by atoms with Crippen LogP contribution in [0.25, 0.3) is 0 Å². The first-order valence-corrected chi connectivity index (χ1v) is 6.74. The summed E-state index contributed by atoms with van der Waals surface area (Å²) in [4.78, 5) is 0. The van der Waals surface area contributed by atoms with Crippen LogP contribution >= 0.6 is 15.9 Å². The average molecular weight is 324 g/mol. The molecule has 0 bridgehead atoms. The predicted octanol–water partition coefficient (Wildman–Crippen LogP) is 4.52. The van der Waals surface area contributed by atoms with Crippen LogP contribution in [0.3, 0.4) is 0 Å². The van der Waals surface area contributed by atoms with Gasteiger partial charge in [-0.1, -0.05) is 15.9 Å². The molecule has 0 unspecified atom stereocenters. The third-order valence-corrected chi connectivity index (χ3v) is 3.79. The van der Waals surface area contributed by atoms with Crippen molar-refractivity contribution in [3.63, 3.8) is 0 Å². The summed E-state index contributed by atoms with van der Waals surface area (Å²) in [5.41, 5.74) is 3.55. The molecule has 2 aromatic carbocycles. The lowest BCUT2D eigenvalue weighted by Gasteiger charge is -2.12. The van der Waals surface area contributed by atoms with Gasteiger partial charge < -0.3 is 10.4 Å². The third-order valence-electron chi connectivity index (χ3n) is 3.02. The average Bonchev–Trinajstić information content (AvgIpc) is 2.36. The largest absolute Gasteiger partial charge is 0.508 e. The van der Waals surface area contributed by atoms with Crippen LogP contribution in [0.15, 0.2) is 34.8 Å². The number of rotatable bonds is 3. The lowest BCUT2D eigenvalue weighted by molar-refractivity contribution is 0.471. The van der Waals surface area contributed by atoms with Crippen LogP contribution in [-0.2, 0) is 6.54 Å². The molecule has 2 aromatic rings. The van der Waals surface area contributed by atoms with E-state index >= 15 is 0 Å². The van der Waals surface area contributed by atoms with Gasteiger partial charge in [0.25, 0.3) is 0 Å². The molecule has 0 aromatic heterocycles. The maximum Gasteiger partial charge on any atom is 0.123 e. The fourth-order valence-corrected chi connectivity index (χ4v) is 2.25. The molecule has 0 radical (unpaired) electrons. The van der Waals surface area contributed by atoms with Crippen LogP contribution in [0.2, 0.25) is 0 Å². The van der Waals surface area contributed by atoms with Gasteiger partial charge in [-0.3, -0.25) is 0 Å². The van der Waals surface area contributed by atoms with Crippen molar-refractivity contribution < 1.29 is 9.50 Å². The van der Waals surface area contributed by atoms with Crippen molar-refractivity contribution in [3.05, 3.63) is 57.3 Å². The molecule has 19 heavy (non-hydrogen) atoms. The fourth-order valence-electron chi connectivity index (χ4n) is 1.86. The molecule has 0 amide bonds. The lowest BCUT2D eigenvalue weighted by Crippen LogP contribution is -2.02. The molecule has 0 atom stereocenters. The molecule has 0 saturated heterocycles. The topological polar surface area (TPSA) is 32.3 Å². The van der Waals surface area contributed by atoms with E-state index in [1.165, 1.54) is 12.1 Å². The predicted molar refractivity (Wildman–Crippen MR) is 79.0 cm³/mol. The van der Waals surface area contributed by atoms with E-state index in [4.69, 9.17) is 0 Å². The summed E-state index contributed by atoms with van der Waals surface area (Å²) >= 11 is 3.40. The summed E-state index contributed by atoms with van der Waals surface area (Å²) in [5, 5.41) is 12.9. The maximum absolute atomic E-state index is 13.2. The van der Waals surface area contributed by atoms with Gasteiger partial charge in [0.05, 0.1) is 0 Å². The number of anilines is 1. The summed E-state index contributed by atoms with van der Waals surface area (Å²) in [6.07, 6.45) is 0. The van der Waals surface area contributed by atoms with Gasteiger partial charge in [-0.2, -0.15) is 0 Å². The quantitative estimate of drug-likeness (QED) is 0.814. The van der Waals surface area contributed by atoms with Crippen molar-refractivity contribution >= 4 is 21.6 Å². The Kier molecular flexibility index (Phi) is 4.10. The molecular weight excluding hydrogens is 309 g/mol. The highest BCUT2D eigenvalue weighted by atomic mass is 79.9. The van der Waals surface area contributed by atoms with Gasteiger partial charge in [-0.25, -0.2) is 4.39 Å². The summed E-state index contributed by atoms with van der Waals surface area (Å²) in [5.74, 6) is 0.0357. The first-order chi connectivity index (χ1) is 8.97. The highest BCUT2D eigenvalue weighted by Gasteiger charge is 2.05. The molecule has 0 saturated carbocycles. The van der Waals surface area contributed by atoms with E-state index in [1.54, 1.807) is 12.1 Å². The first-order valence-electron chi connectivity index (χ1n) is 5.95. The zero-order chi connectivity index (χ0) is 14.0. The van der Waals surface area contributed by atoms with E-state index in [2.05, 4.69) is 21.2 Å². The second-order valence-corrected chi connectivity index (χ2v) is 5.40. The SMILES string of the molecule is Cc1cc(NCc2cc(F)ccc2Br)c(C)cc1O. The zero-order valence-electron chi connectivity index (χ0n) is 10.8. The fraction of sp³-hybridized carbons (Fsp3) is 0.200. The van der Waals surface area contributed by atoms with Crippen LogP contribution in [0.1, 0.15) is 16.7 Å². The molecule has 0 fully saturated rings. The van der Waals surface area contributed by atoms with Crippen molar-refractivity contribution in [1.29, 1.82) is 0 Å². The molecule has 2 nitrogen and oxygen atoms in total. The van der Waals surface area contributed by atoms with Crippen molar-refractivity contribution in [2.75, 3.05) is 5.32 Å². The van der Waals surface area contributed by atoms with Crippen molar-refractivity contribution in [1.82, 2.24) is 0 Å². The minimum absolute atomic E-state index is 0.251. The summed E-state index contributed by atoms with van der Waals surface area (Å²) in [7, 11) is 0. The standard InChI is InChI=1S/C15H15BrFNO/c1-9-6-15(19)10(2)5-14(9)18-8-11-7-12(17)3-4-13(11)16/h3-7,18-19H,8H2,1-2H3. The van der Waals surface area contributed by atoms with Crippen molar-refractivity contribution in [2.45, 2.75) is 20.4 Å². The summed E-state index contributed by atoms with van der Waals surface area (Å²) in [6.45, 7) is 4.28. The number of benzene rings is 2. The Bertz CT molecular complexity index is 613. The Labute approximate surface area is 120 Å². The molecule has 0 aliphatic heterocycles. The number of hydrogen-bond donors (Lipinski definition) is 2. The number of halogens is 2. The summed E-state index contributed by atoms with van der Waals surface area (Å²) in [6, 6.07) is 8.22. The lowest BCUT2D eigenvalue weighted by atomic mass is 10.1. The molecule has 2 rings (SSSR count).